The van der Waals surface area contributed by atoms with Crippen molar-refractivity contribution < 1.29 is 18.7 Å². The van der Waals surface area contributed by atoms with Gasteiger partial charge < -0.3 is 20.1 Å². The molecule has 0 saturated carbocycles. The lowest BCUT2D eigenvalue weighted by molar-refractivity contribution is -0.141. The normalized spacial score (nSPS) is 21.3. The molecule has 1 fully saturated rings. The molecule has 2 rings (SSSR count). The summed E-state index contributed by atoms with van der Waals surface area (Å²) in [5.74, 6) is 0.230. The summed E-state index contributed by atoms with van der Waals surface area (Å²) in [6.45, 7) is 1.24. The molecule has 1 amide bonds. The molecule has 0 spiro atoms. The van der Waals surface area contributed by atoms with Crippen LogP contribution < -0.4 is 10.5 Å². The summed E-state index contributed by atoms with van der Waals surface area (Å²) < 4.78 is 23.8. The van der Waals surface area contributed by atoms with Crippen molar-refractivity contribution in [3.05, 3.63) is 30.1 Å². The average molecular weight is 296 g/mol. The number of carbonyl (C=O) groups is 1. The van der Waals surface area contributed by atoms with E-state index < -0.39 is 6.10 Å². The minimum Gasteiger partial charge on any atom is -0.492 e. The number of benzene rings is 1. The Kier molecular flexibility index (Phi) is 5.52. The molecule has 5 nitrogen and oxygen atoms in total. The maximum Gasteiger partial charge on any atom is 0.251 e. The fourth-order valence-electron chi connectivity index (χ4n) is 2.25. The van der Waals surface area contributed by atoms with E-state index in [1.54, 1.807) is 24.1 Å². The quantitative estimate of drug-likeness (QED) is 0.856. The van der Waals surface area contributed by atoms with E-state index in [-0.39, 0.29) is 17.8 Å². The van der Waals surface area contributed by atoms with Crippen molar-refractivity contribution in [2.75, 3.05) is 26.7 Å². The van der Waals surface area contributed by atoms with Gasteiger partial charge in [0.1, 0.15) is 24.3 Å². The number of hydrogen-bond donors (Lipinski definition) is 1. The largest absolute Gasteiger partial charge is 0.492 e. The Balaban J connectivity index is 1.72. The summed E-state index contributed by atoms with van der Waals surface area (Å²) in [5, 5.41) is 0. The Morgan fingerprint density at radius 3 is 2.76 bits per heavy atom. The number of nitrogens with zero attached hydrogens (tertiary/aromatic N) is 1. The van der Waals surface area contributed by atoms with Gasteiger partial charge in [-0.15, -0.1) is 0 Å². The molecule has 2 unspecified atom stereocenters. The standard InChI is InChI=1S/C15H21FN2O3/c1-18(15(19)14-7-6-13(10-17)21-14)8-9-20-12-4-2-11(16)3-5-12/h2-5,13-14H,6-10,17H2,1H3. The Hall–Kier alpha value is -1.66. The Bertz CT molecular complexity index is 466. The summed E-state index contributed by atoms with van der Waals surface area (Å²) >= 11 is 0. The molecule has 21 heavy (non-hydrogen) atoms. The maximum atomic E-state index is 12.7. The lowest BCUT2D eigenvalue weighted by Gasteiger charge is -2.21. The van der Waals surface area contributed by atoms with Crippen molar-refractivity contribution in [3.8, 4) is 5.75 Å². The van der Waals surface area contributed by atoms with E-state index in [9.17, 15) is 9.18 Å². The van der Waals surface area contributed by atoms with Crippen molar-refractivity contribution in [1.29, 1.82) is 0 Å². The molecule has 6 heteroatoms. The molecule has 0 bridgehead atoms. The van der Waals surface area contributed by atoms with Crippen LogP contribution in [0.3, 0.4) is 0 Å². The lowest BCUT2D eigenvalue weighted by atomic mass is 10.2. The van der Waals surface area contributed by atoms with Crippen LogP contribution in [-0.2, 0) is 9.53 Å². The number of halogens is 1. The zero-order valence-corrected chi connectivity index (χ0v) is 12.1. The summed E-state index contributed by atoms with van der Waals surface area (Å²) in [6.07, 6.45) is 1.13. The van der Waals surface area contributed by atoms with Gasteiger partial charge in [-0.1, -0.05) is 0 Å². The monoisotopic (exact) mass is 296 g/mol. The van der Waals surface area contributed by atoms with Crippen LogP contribution in [0.5, 0.6) is 5.75 Å². The maximum absolute atomic E-state index is 12.7. The summed E-state index contributed by atoms with van der Waals surface area (Å²) in [6, 6.07) is 5.79. The third-order valence-electron chi connectivity index (χ3n) is 3.53. The molecular formula is C15H21FN2O3. The molecular weight excluding hydrogens is 275 g/mol. The molecule has 1 saturated heterocycles. The van der Waals surface area contributed by atoms with Gasteiger partial charge in [-0.3, -0.25) is 4.79 Å². The predicted octanol–water partition coefficient (Wildman–Crippen LogP) is 1.17. The minimum atomic E-state index is -0.394. The number of hydrogen-bond acceptors (Lipinski definition) is 4. The smallest absolute Gasteiger partial charge is 0.251 e. The Morgan fingerprint density at radius 2 is 2.14 bits per heavy atom. The number of likely N-dealkylation sites (N-methyl/N-ethyl adjacent to an activating group) is 1. The first-order chi connectivity index (χ1) is 10.1. The van der Waals surface area contributed by atoms with Crippen LogP contribution in [-0.4, -0.2) is 49.8 Å². The second-order valence-electron chi connectivity index (χ2n) is 5.12. The van der Waals surface area contributed by atoms with Crippen molar-refractivity contribution in [2.45, 2.75) is 25.0 Å². The van der Waals surface area contributed by atoms with Crippen LogP contribution in [0.2, 0.25) is 0 Å². The molecule has 0 aliphatic carbocycles. The van der Waals surface area contributed by atoms with E-state index in [4.69, 9.17) is 15.2 Å². The van der Waals surface area contributed by atoms with Crippen LogP contribution in [0.15, 0.2) is 24.3 Å². The predicted molar refractivity (Wildman–Crippen MR) is 76.5 cm³/mol. The first-order valence-electron chi connectivity index (χ1n) is 7.09. The van der Waals surface area contributed by atoms with Gasteiger partial charge in [-0.25, -0.2) is 4.39 Å². The van der Waals surface area contributed by atoms with Gasteiger partial charge in [-0.2, -0.15) is 0 Å². The molecule has 1 aromatic rings. The molecule has 1 aliphatic heterocycles. The molecule has 0 radical (unpaired) electrons. The van der Waals surface area contributed by atoms with E-state index in [1.165, 1.54) is 12.1 Å². The highest BCUT2D eigenvalue weighted by Crippen LogP contribution is 2.20. The van der Waals surface area contributed by atoms with Crippen LogP contribution >= 0.6 is 0 Å². The van der Waals surface area contributed by atoms with Gasteiger partial charge >= 0.3 is 0 Å². The molecule has 2 atom stereocenters. The van der Waals surface area contributed by atoms with Crippen molar-refractivity contribution in [2.24, 2.45) is 5.73 Å². The first kappa shape index (κ1) is 15.7. The summed E-state index contributed by atoms with van der Waals surface area (Å²) in [5.41, 5.74) is 5.53. The van der Waals surface area contributed by atoms with E-state index in [1.807, 2.05) is 0 Å². The van der Waals surface area contributed by atoms with Gasteiger partial charge in [0.15, 0.2) is 0 Å². The van der Waals surface area contributed by atoms with E-state index >= 15 is 0 Å². The van der Waals surface area contributed by atoms with Gasteiger partial charge in [-0.05, 0) is 37.1 Å². The lowest BCUT2D eigenvalue weighted by Crippen LogP contribution is -2.39. The molecule has 0 aromatic heterocycles. The molecule has 116 valence electrons. The highest BCUT2D eigenvalue weighted by molar-refractivity contribution is 5.80. The van der Waals surface area contributed by atoms with E-state index in [0.29, 0.717) is 31.9 Å². The van der Waals surface area contributed by atoms with Gasteiger partial charge in [0.05, 0.1) is 12.6 Å². The van der Waals surface area contributed by atoms with Crippen molar-refractivity contribution >= 4 is 5.91 Å². The zero-order valence-electron chi connectivity index (χ0n) is 12.1. The zero-order chi connectivity index (χ0) is 15.2. The second kappa shape index (κ2) is 7.38. The number of ether oxygens (including phenoxy) is 2. The fourth-order valence-corrected chi connectivity index (χ4v) is 2.25. The topological polar surface area (TPSA) is 64.8 Å². The third kappa shape index (κ3) is 4.41. The molecule has 1 aromatic carbocycles. The highest BCUT2D eigenvalue weighted by Gasteiger charge is 2.31. The van der Waals surface area contributed by atoms with Crippen LogP contribution in [0.25, 0.3) is 0 Å². The first-order valence-corrected chi connectivity index (χ1v) is 7.09. The number of rotatable bonds is 6. The Labute approximate surface area is 123 Å². The number of amides is 1. The molecule has 1 heterocycles. The average Bonchev–Trinajstić information content (AvgIpc) is 2.97. The van der Waals surface area contributed by atoms with Gasteiger partial charge in [0.25, 0.3) is 5.91 Å². The molecule has 1 aliphatic rings. The molecule has 2 N–H and O–H groups in total. The summed E-state index contributed by atoms with van der Waals surface area (Å²) in [7, 11) is 1.72. The third-order valence-corrected chi connectivity index (χ3v) is 3.53. The van der Waals surface area contributed by atoms with Crippen molar-refractivity contribution in [1.82, 2.24) is 4.90 Å². The van der Waals surface area contributed by atoms with Crippen molar-refractivity contribution in [3.63, 3.8) is 0 Å². The van der Waals surface area contributed by atoms with Crippen LogP contribution in [0.4, 0.5) is 4.39 Å². The highest BCUT2D eigenvalue weighted by atomic mass is 19.1. The summed E-state index contributed by atoms with van der Waals surface area (Å²) in [4.78, 5) is 13.7. The van der Waals surface area contributed by atoms with E-state index in [0.717, 1.165) is 6.42 Å². The van der Waals surface area contributed by atoms with Crippen LogP contribution in [0.1, 0.15) is 12.8 Å². The number of nitrogens with two attached hydrogens (primary N) is 1. The minimum absolute atomic E-state index is 0.0113. The van der Waals surface area contributed by atoms with Crippen LogP contribution in [0, 0.1) is 5.82 Å². The Morgan fingerprint density at radius 1 is 1.43 bits per heavy atom. The fraction of sp³-hybridized carbons (Fsp3) is 0.533. The van der Waals surface area contributed by atoms with Gasteiger partial charge in [0, 0.05) is 13.6 Å². The van der Waals surface area contributed by atoms with E-state index in [2.05, 4.69) is 0 Å². The SMILES string of the molecule is CN(CCOc1ccc(F)cc1)C(=O)C1CCC(CN)O1. The van der Waals surface area contributed by atoms with Gasteiger partial charge in [0.2, 0.25) is 0 Å². The second-order valence-corrected chi connectivity index (χ2v) is 5.12. The number of carbonyl (C=O) groups excluding carboxylic acids is 1.